The molecule has 1 aliphatic heterocycles. The lowest BCUT2D eigenvalue weighted by atomic mass is 9.98. The Hall–Kier alpha value is -0.550. The highest BCUT2D eigenvalue weighted by atomic mass is 79.9. The largest absolute Gasteiger partial charge is 0.496 e. The molecule has 1 amide bonds. The van der Waals surface area contributed by atoms with E-state index in [1.165, 1.54) is 6.42 Å². The summed E-state index contributed by atoms with van der Waals surface area (Å²) in [5.74, 6) is 0.715. The van der Waals surface area contributed by atoms with Gasteiger partial charge in [0, 0.05) is 22.4 Å². The number of amides is 1. The number of alkyl halides is 1. The molecule has 1 aromatic carbocycles. The van der Waals surface area contributed by atoms with Gasteiger partial charge in [-0.1, -0.05) is 31.9 Å². The first-order valence-electron chi connectivity index (χ1n) is 6.88. The van der Waals surface area contributed by atoms with Crippen molar-refractivity contribution in [1.82, 2.24) is 4.90 Å². The maximum Gasteiger partial charge on any atom is 0.257 e. The van der Waals surface area contributed by atoms with Crippen molar-refractivity contribution in [2.75, 3.05) is 19.0 Å². The molecule has 3 nitrogen and oxygen atoms in total. The Morgan fingerprint density at radius 3 is 2.95 bits per heavy atom. The lowest BCUT2D eigenvalue weighted by Crippen LogP contribution is -2.44. The summed E-state index contributed by atoms with van der Waals surface area (Å²) >= 11 is 6.89. The summed E-state index contributed by atoms with van der Waals surface area (Å²) in [6, 6.07) is 5.91. The minimum Gasteiger partial charge on any atom is -0.496 e. The van der Waals surface area contributed by atoms with Gasteiger partial charge in [0.05, 0.1) is 12.7 Å². The van der Waals surface area contributed by atoms with Gasteiger partial charge in [0.2, 0.25) is 0 Å². The van der Waals surface area contributed by atoms with Crippen LogP contribution in [0.5, 0.6) is 5.75 Å². The summed E-state index contributed by atoms with van der Waals surface area (Å²) in [4.78, 5) is 14.8. The third-order valence-electron chi connectivity index (χ3n) is 3.72. The number of nitrogens with zero attached hydrogens (tertiary/aromatic N) is 1. The molecule has 1 atom stereocenters. The SMILES string of the molecule is COc1cc(Br)ccc1C(=O)N1CCCCC1CCBr. The first kappa shape index (κ1) is 15.8. The van der Waals surface area contributed by atoms with Gasteiger partial charge in [-0.2, -0.15) is 0 Å². The smallest absolute Gasteiger partial charge is 0.257 e. The third-order valence-corrected chi connectivity index (χ3v) is 4.68. The zero-order valence-corrected chi connectivity index (χ0v) is 14.7. The van der Waals surface area contributed by atoms with Crippen LogP contribution < -0.4 is 4.74 Å². The highest BCUT2D eigenvalue weighted by Gasteiger charge is 2.28. The lowest BCUT2D eigenvalue weighted by Gasteiger charge is -2.36. The second-order valence-corrected chi connectivity index (χ2v) is 6.68. The Morgan fingerprint density at radius 1 is 1.45 bits per heavy atom. The first-order chi connectivity index (χ1) is 9.67. The molecule has 1 aromatic rings. The molecular formula is C15H19Br2NO2. The van der Waals surface area contributed by atoms with Crippen molar-refractivity contribution in [3.05, 3.63) is 28.2 Å². The number of carbonyl (C=O) groups is 1. The van der Waals surface area contributed by atoms with Crippen LogP contribution in [0.3, 0.4) is 0 Å². The normalized spacial score (nSPS) is 18.9. The van der Waals surface area contributed by atoms with Gasteiger partial charge in [0.15, 0.2) is 0 Å². The molecule has 0 bridgehead atoms. The Labute approximate surface area is 136 Å². The van der Waals surface area contributed by atoms with Crippen molar-refractivity contribution < 1.29 is 9.53 Å². The van der Waals surface area contributed by atoms with E-state index in [0.717, 1.165) is 35.6 Å². The molecule has 0 aromatic heterocycles. The average Bonchev–Trinajstić information content (AvgIpc) is 2.47. The molecule has 0 aliphatic carbocycles. The Bertz CT molecular complexity index is 477. The topological polar surface area (TPSA) is 29.5 Å². The standard InChI is InChI=1S/C15H19Br2NO2/c1-20-14-10-11(17)5-6-13(14)15(19)18-9-3-2-4-12(18)7-8-16/h5-6,10,12H,2-4,7-9H2,1H3. The molecule has 0 N–H and O–H groups in total. The fourth-order valence-electron chi connectivity index (χ4n) is 2.69. The number of piperidine rings is 1. The number of rotatable bonds is 4. The molecular weight excluding hydrogens is 386 g/mol. The molecule has 1 unspecified atom stereocenters. The Kier molecular flexibility index (Phi) is 5.90. The van der Waals surface area contributed by atoms with Crippen LogP contribution in [0.4, 0.5) is 0 Å². The van der Waals surface area contributed by atoms with Crippen LogP contribution in [0.15, 0.2) is 22.7 Å². The summed E-state index contributed by atoms with van der Waals surface area (Å²) in [6.45, 7) is 0.843. The van der Waals surface area contributed by atoms with E-state index in [9.17, 15) is 4.79 Å². The summed E-state index contributed by atoms with van der Waals surface area (Å²) in [6.07, 6.45) is 4.39. The van der Waals surface area contributed by atoms with Gasteiger partial charge in [-0.05, 0) is 43.9 Å². The summed E-state index contributed by atoms with van der Waals surface area (Å²) in [5, 5.41) is 0.929. The van der Waals surface area contributed by atoms with Gasteiger partial charge in [-0.3, -0.25) is 4.79 Å². The maximum atomic E-state index is 12.8. The van der Waals surface area contributed by atoms with E-state index >= 15 is 0 Å². The van der Waals surface area contributed by atoms with Crippen LogP contribution >= 0.6 is 31.9 Å². The van der Waals surface area contributed by atoms with Crippen molar-refractivity contribution in [3.63, 3.8) is 0 Å². The minimum atomic E-state index is 0.0833. The Morgan fingerprint density at radius 2 is 2.25 bits per heavy atom. The predicted molar refractivity (Wildman–Crippen MR) is 87.8 cm³/mol. The van der Waals surface area contributed by atoms with Crippen LogP contribution in [0.2, 0.25) is 0 Å². The van der Waals surface area contributed by atoms with Crippen LogP contribution in [0.25, 0.3) is 0 Å². The fraction of sp³-hybridized carbons (Fsp3) is 0.533. The monoisotopic (exact) mass is 403 g/mol. The van der Waals surface area contributed by atoms with Gasteiger partial charge >= 0.3 is 0 Å². The third kappa shape index (κ3) is 3.55. The van der Waals surface area contributed by atoms with Gasteiger partial charge in [0.25, 0.3) is 5.91 Å². The number of hydrogen-bond donors (Lipinski definition) is 0. The fourth-order valence-corrected chi connectivity index (χ4v) is 3.56. The summed E-state index contributed by atoms with van der Waals surface area (Å²) in [7, 11) is 1.60. The molecule has 0 radical (unpaired) electrons. The second-order valence-electron chi connectivity index (χ2n) is 4.97. The van der Waals surface area contributed by atoms with Crippen molar-refractivity contribution in [2.24, 2.45) is 0 Å². The predicted octanol–water partition coefficient (Wildman–Crippen LogP) is 4.24. The van der Waals surface area contributed by atoms with E-state index in [-0.39, 0.29) is 5.91 Å². The minimum absolute atomic E-state index is 0.0833. The number of likely N-dealkylation sites (tertiary alicyclic amines) is 1. The first-order valence-corrected chi connectivity index (χ1v) is 8.79. The zero-order valence-electron chi connectivity index (χ0n) is 11.6. The van der Waals surface area contributed by atoms with E-state index < -0.39 is 0 Å². The lowest BCUT2D eigenvalue weighted by molar-refractivity contribution is 0.0606. The van der Waals surface area contributed by atoms with E-state index in [1.807, 2.05) is 23.1 Å². The van der Waals surface area contributed by atoms with E-state index in [2.05, 4.69) is 31.9 Å². The van der Waals surface area contributed by atoms with Gasteiger partial charge < -0.3 is 9.64 Å². The van der Waals surface area contributed by atoms with Gasteiger partial charge in [-0.15, -0.1) is 0 Å². The quantitative estimate of drug-likeness (QED) is 0.702. The van der Waals surface area contributed by atoms with Crippen molar-refractivity contribution in [3.8, 4) is 5.75 Å². The number of benzene rings is 1. The zero-order chi connectivity index (χ0) is 14.5. The molecule has 2 rings (SSSR count). The number of hydrogen-bond acceptors (Lipinski definition) is 2. The molecule has 20 heavy (non-hydrogen) atoms. The summed E-state index contributed by atoms with van der Waals surface area (Å²) in [5.41, 5.74) is 0.650. The van der Waals surface area contributed by atoms with Gasteiger partial charge in [-0.25, -0.2) is 0 Å². The number of halogens is 2. The van der Waals surface area contributed by atoms with Gasteiger partial charge in [0.1, 0.15) is 5.75 Å². The summed E-state index contributed by atoms with van der Waals surface area (Å²) < 4.78 is 6.26. The van der Waals surface area contributed by atoms with Crippen LogP contribution in [0.1, 0.15) is 36.0 Å². The van der Waals surface area contributed by atoms with E-state index in [4.69, 9.17) is 4.74 Å². The molecule has 1 aliphatic rings. The molecule has 5 heteroatoms. The van der Waals surface area contributed by atoms with Crippen LogP contribution in [-0.2, 0) is 0 Å². The number of methoxy groups -OCH3 is 1. The number of ether oxygens (including phenoxy) is 1. The van der Waals surface area contributed by atoms with E-state index in [1.54, 1.807) is 7.11 Å². The molecule has 1 fully saturated rings. The van der Waals surface area contributed by atoms with Crippen LogP contribution in [0, 0.1) is 0 Å². The number of carbonyl (C=O) groups excluding carboxylic acids is 1. The highest BCUT2D eigenvalue weighted by Crippen LogP contribution is 2.28. The molecule has 0 saturated carbocycles. The molecule has 1 saturated heterocycles. The average molecular weight is 405 g/mol. The molecule has 0 spiro atoms. The highest BCUT2D eigenvalue weighted by molar-refractivity contribution is 9.10. The van der Waals surface area contributed by atoms with Crippen LogP contribution in [-0.4, -0.2) is 35.8 Å². The van der Waals surface area contributed by atoms with Crippen molar-refractivity contribution in [2.45, 2.75) is 31.7 Å². The maximum absolute atomic E-state index is 12.8. The second kappa shape index (κ2) is 7.46. The van der Waals surface area contributed by atoms with Crippen molar-refractivity contribution in [1.29, 1.82) is 0 Å². The molecule has 1 heterocycles. The van der Waals surface area contributed by atoms with Crippen molar-refractivity contribution >= 4 is 37.8 Å². The molecule has 110 valence electrons. The Balaban J connectivity index is 2.24. The van der Waals surface area contributed by atoms with E-state index in [0.29, 0.717) is 17.4 Å².